The summed E-state index contributed by atoms with van der Waals surface area (Å²) in [5.74, 6) is 0.815. The van der Waals surface area contributed by atoms with Gasteiger partial charge in [-0.2, -0.15) is 0 Å². The van der Waals surface area contributed by atoms with Gasteiger partial charge in [0, 0.05) is 30.9 Å². The van der Waals surface area contributed by atoms with E-state index in [1.807, 2.05) is 6.92 Å². The van der Waals surface area contributed by atoms with Crippen LogP contribution in [0.5, 0.6) is 0 Å². The first-order valence-electron chi connectivity index (χ1n) is 6.03. The summed E-state index contributed by atoms with van der Waals surface area (Å²) in [6.45, 7) is 9.20. The Balaban J connectivity index is 2.13. The molecule has 4 nitrogen and oxygen atoms in total. The zero-order valence-corrected chi connectivity index (χ0v) is 11.3. The maximum Gasteiger partial charge on any atom is 0.144 e. The molecule has 1 saturated heterocycles. The molecule has 0 radical (unpaired) electrons. The zero-order chi connectivity index (χ0) is 12.4. The van der Waals surface area contributed by atoms with Gasteiger partial charge in [0.2, 0.25) is 0 Å². The second kappa shape index (κ2) is 5.29. The van der Waals surface area contributed by atoms with Crippen LogP contribution >= 0.6 is 11.6 Å². The van der Waals surface area contributed by atoms with E-state index in [1.54, 1.807) is 6.07 Å². The fourth-order valence-electron chi connectivity index (χ4n) is 2.30. The molecular formula is C12H19ClN4. The third kappa shape index (κ3) is 3.15. The highest BCUT2D eigenvalue weighted by molar-refractivity contribution is 6.29. The van der Waals surface area contributed by atoms with E-state index in [9.17, 15) is 0 Å². The minimum atomic E-state index is 0.502. The van der Waals surface area contributed by atoms with Crippen molar-refractivity contribution in [3.05, 3.63) is 22.7 Å². The average Bonchev–Trinajstić information content (AvgIpc) is 2.22. The van der Waals surface area contributed by atoms with Crippen molar-refractivity contribution >= 4 is 11.6 Å². The molecule has 1 N–H and O–H groups in total. The predicted octanol–water partition coefficient (Wildman–Crippen LogP) is 1.62. The molecule has 0 amide bonds. The number of halogens is 1. The molecule has 0 spiro atoms. The normalized spacial score (nSPS) is 26.1. The van der Waals surface area contributed by atoms with Gasteiger partial charge in [0.1, 0.15) is 11.0 Å². The fraction of sp³-hybridized carbons (Fsp3) is 0.667. The van der Waals surface area contributed by atoms with Gasteiger partial charge in [-0.1, -0.05) is 11.6 Å². The first kappa shape index (κ1) is 12.7. The fourth-order valence-corrected chi connectivity index (χ4v) is 2.56. The van der Waals surface area contributed by atoms with Crippen LogP contribution in [0.15, 0.2) is 6.07 Å². The summed E-state index contributed by atoms with van der Waals surface area (Å²) in [6.07, 6.45) is 0. The Kier molecular flexibility index (Phi) is 3.97. The van der Waals surface area contributed by atoms with Gasteiger partial charge in [-0.05, 0) is 26.8 Å². The summed E-state index contributed by atoms with van der Waals surface area (Å²) in [4.78, 5) is 11.1. The highest BCUT2D eigenvalue weighted by Gasteiger charge is 2.25. The highest BCUT2D eigenvalue weighted by atomic mass is 35.5. The van der Waals surface area contributed by atoms with E-state index >= 15 is 0 Å². The summed E-state index contributed by atoms with van der Waals surface area (Å²) in [5.41, 5.74) is 0.926. The van der Waals surface area contributed by atoms with Crippen LogP contribution < -0.4 is 5.32 Å². The maximum atomic E-state index is 5.96. The van der Waals surface area contributed by atoms with E-state index in [0.29, 0.717) is 17.2 Å². The lowest BCUT2D eigenvalue weighted by Crippen LogP contribution is -2.54. The summed E-state index contributed by atoms with van der Waals surface area (Å²) in [5, 5.41) is 3.94. The SMILES string of the molecule is Cc1cc(Cl)nc(CN2C(C)CNCC2C)n1. The van der Waals surface area contributed by atoms with E-state index in [0.717, 1.165) is 31.2 Å². The maximum absolute atomic E-state index is 5.96. The largest absolute Gasteiger partial charge is 0.314 e. The average molecular weight is 255 g/mol. The van der Waals surface area contributed by atoms with Crippen molar-refractivity contribution in [3.8, 4) is 0 Å². The molecule has 2 heterocycles. The molecule has 17 heavy (non-hydrogen) atoms. The van der Waals surface area contributed by atoms with E-state index in [4.69, 9.17) is 11.6 Å². The van der Waals surface area contributed by atoms with Gasteiger partial charge in [0.05, 0.1) is 6.54 Å². The third-order valence-electron chi connectivity index (χ3n) is 3.21. The molecule has 0 bridgehead atoms. The number of aryl methyl sites for hydroxylation is 1. The van der Waals surface area contributed by atoms with Crippen molar-refractivity contribution in [3.63, 3.8) is 0 Å². The second-order valence-corrected chi connectivity index (χ2v) is 5.16. The molecule has 2 atom stereocenters. The molecule has 0 aliphatic carbocycles. The Morgan fingerprint density at radius 2 is 2.00 bits per heavy atom. The molecule has 0 aromatic carbocycles. The van der Waals surface area contributed by atoms with E-state index in [2.05, 4.69) is 34.0 Å². The van der Waals surface area contributed by atoms with Crippen LogP contribution in [0.1, 0.15) is 25.4 Å². The molecular weight excluding hydrogens is 236 g/mol. The number of aromatic nitrogens is 2. The van der Waals surface area contributed by atoms with Gasteiger partial charge in [0.25, 0.3) is 0 Å². The standard InChI is InChI=1S/C12H19ClN4/c1-8-4-11(13)16-12(15-8)7-17-9(2)5-14-6-10(17)3/h4,9-10,14H,5-7H2,1-3H3. The summed E-state index contributed by atoms with van der Waals surface area (Å²) in [7, 11) is 0. The molecule has 1 fully saturated rings. The summed E-state index contributed by atoms with van der Waals surface area (Å²) in [6, 6.07) is 2.79. The van der Waals surface area contributed by atoms with Crippen LogP contribution in [-0.2, 0) is 6.54 Å². The van der Waals surface area contributed by atoms with E-state index < -0.39 is 0 Å². The molecule has 1 aromatic rings. The molecule has 94 valence electrons. The molecule has 1 aliphatic rings. The highest BCUT2D eigenvalue weighted by Crippen LogP contribution is 2.14. The van der Waals surface area contributed by atoms with Gasteiger partial charge >= 0.3 is 0 Å². The first-order chi connectivity index (χ1) is 8.06. The lowest BCUT2D eigenvalue weighted by Gasteiger charge is -2.38. The van der Waals surface area contributed by atoms with Crippen LogP contribution in [0.25, 0.3) is 0 Å². The zero-order valence-electron chi connectivity index (χ0n) is 10.6. The van der Waals surface area contributed by atoms with Crippen molar-refractivity contribution in [2.75, 3.05) is 13.1 Å². The molecule has 2 unspecified atom stereocenters. The second-order valence-electron chi connectivity index (χ2n) is 4.78. The smallest absolute Gasteiger partial charge is 0.144 e. The quantitative estimate of drug-likeness (QED) is 0.815. The lowest BCUT2D eigenvalue weighted by molar-refractivity contribution is 0.105. The van der Waals surface area contributed by atoms with Gasteiger partial charge in [-0.25, -0.2) is 9.97 Å². The molecule has 5 heteroatoms. The van der Waals surface area contributed by atoms with Crippen LogP contribution in [0.3, 0.4) is 0 Å². The van der Waals surface area contributed by atoms with Crippen LogP contribution in [0.4, 0.5) is 0 Å². The summed E-state index contributed by atoms with van der Waals surface area (Å²) < 4.78 is 0. The molecule has 1 aliphatic heterocycles. The van der Waals surface area contributed by atoms with Crippen molar-refractivity contribution in [1.29, 1.82) is 0 Å². The number of hydrogen-bond donors (Lipinski definition) is 1. The lowest BCUT2D eigenvalue weighted by atomic mass is 10.1. The predicted molar refractivity (Wildman–Crippen MR) is 69.1 cm³/mol. The van der Waals surface area contributed by atoms with Gasteiger partial charge < -0.3 is 5.32 Å². The number of rotatable bonds is 2. The number of nitrogens with zero attached hydrogens (tertiary/aromatic N) is 3. The monoisotopic (exact) mass is 254 g/mol. The Hall–Kier alpha value is -0.710. The Labute approximate surface area is 107 Å². The Morgan fingerprint density at radius 1 is 1.35 bits per heavy atom. The van der Waals surface area contributed by atoms with Crippen molar-refractivity contribution in [2.24, 2.45) is 0 Å². The van der Waals surface area contributed by atoms with Gasteiger partial charge in [0.15, 0.2) is 0 Å². The van der Waals surface area contributed by atoms with Crippen molar-refractivity contribution in [1.82, 2.24) is 20.2 Å². The van der Waals surface area contributed by atoms with Crippen molar-refractivity contribution in [2.45, 2.75) is 39.4 Å². The van der Waals surface area contributed by atoms with Crippen LogP contribution in [0, 0.1) is 6.92 Å². The third-order valence-corrected chi connectivity index (χ3v) is 3.40. The minimum absolute atomic E-state index is 0.502. The van der Waals surface area contributed by atoms with Gasteiger partial charge in [-0.3, -0.25) is 4.90 Å². The van der Waals surface area contributed by atoms with E-state index in [1.165, 1.54) is 0 Å². The van der Waals surface area contributed by atoms with Gasteiger partial charge in [-0.15, -0.1) is 0 Å². The summed E-state index contributed by atoms with van der Waals surface area (Å²) >= 11 is 5.96. The molecule has 0 saturated carbocycles. The number of nitrogens with one attached hydrogen (secondary N) is 1. The number of piperazine rings is 1. The van der Waals surface area contributed by atoms with Crippen LogP contribution in [-0.4, -0.2) is 40.0 Å². The Bertz CT molecular complexity index is 366. The van der Waals surface area contributed by atoms with E-state index in [-0.39, 0.29) is 0 Å². The molecule has 2 rings (SSSR count). The minimum Gasteiger partial charge on any atom is -0.314 e. The van der Waals surface area contributed by atoms with Crippen LogP contribution in [0.2, 0.25) is 5.15 Å². The van der Waals surface area contributed by atoms with Crippen molar-refractivity contribution < 1.29 is 0 Å². The first-order valence-corrected chi connectivity index (χ1v) is 6.40. The number of hydrogen-bond acceptors (Lipinski definition) is 4. The topological polar surface area (TPSA) is 41.1 Å². The molecule has 1 aromatic heterocycles. The Morgan fingerprint density at radius 3 is 2.59 bits per heavy atom.